The first-order valence-electron chi connectivity index (χ1n) is 8.22. The molecule has 2 N–H and O–H groups in total. The first-order valence-corrected chi connectivity index (χ1v) is 9.37. The summed E-state index contributed by atoms with van der Waals surface area (Å²) in [6, 6.07) is 0. The molecule has 2 fully saturated rings. The molecule has 0 bridgehead atoms. The molecule has 1 amide bonds. The summed E-state index contributed by atoms with van der Waals surface area (Å²) in [6.45, 7) is 7.11. The van der Waals surface area contributed by atoms with Gasteiger partial charge in [0.05, 0.1) is 12.0 Å². The number of hydrogen-bond acceptors (Lipinski definition) is 5. The summed E-state index contributed by atoms with van der Waals surface area (Å²) in [7, 11) is 0. The molecule has 2 aliphatic heterocycles. The Kier molecular flexibility index (Phi) is 5.84. The third-order valence-corrected chi connectivity index (χ3v) is 5.28. The van der Waals surface area contributed by atoms with Crippen LogP contribution in [-0.2, 0) is 9.53 Å². The highest BCUT2D eigenvalue weighted by Gasteiger charge is 2.47. The molecule has 2 rings (SSSR count). The molecule has 0 spiro atoms. The van der Waals surface area contributed by atoms with Crippen LogP contribution in [0.4, 0.5) is 4.79 Å². The zero-order chi connectivity index (χ0) is 17.1. The summed E-state index contributed by atoms with van der Waals surface area (Å²) in [5, 5.41) is 12.6. The molecule has 0 atom stereocenters. The second kappa shape index (κ2) is 7.30. The second-order valence-electron chi connectivity index (χ2n) is 7.62. The predicted octanol–water partition coefficient (Wildman–Crippen LogP) is 2.18. The number of nitrogens with zero attached hydrogens (tertiary/aromatic N) is 1. The van der Waals surface area contributed by atoms with Crippen molar-refractivity contribution in [2.45, 2.75) is 51.2 Å². The number of amides is 1. The molecule has 6 nitrogen and oxygen atoms in total. The minimum Gasteiger partial charge on any atom is -0.481 e. The number of carbonyl (C=O) groups is 2. The van der Waals surface area contributed by atoms with Crippen molar-refractivity contribution in [2.75, 3.05) is 31.1 Å². The standard InChI is InChI=1S/C16H28N2O4S/c1-15(2,3)22-14(21)18-10-16(11-18,8-13(19)20)17-9-12-4-6-23-7-5-12/h12,17H,4-11H2,1-3H3,(H,19,20). The number of carboxylic acids is 1. The number of hydrogen-bond donors (Lipinski definition) is 2. The molecule has 0 aromatic rings. The van der Waals surface area contributed by atoms with E-state index < -0.39 is 17.1 Å². The predicted molar refractivity (Wildman–Crippen MR) is 90.8 cm³/mol. The smallest absolute Gasteiger partial charge is 0.410 e. The van der Waals surface area contributed by atoms with Gasteiger partial charge in [-0.2, -0.15) is 11.8 Å². The third-order valence-electron chi connectivity index (χ3n) is 4.23. The van der Waals surface area contributed by atoms with Crippen molar-refractivity contribution in [1.29, 1.82) is 0 Å². The molecular formula is C16H28N2O4S. The summed E-state index contributed by atoms with van der Waals surface area (Å²) < 4.78 is 5.34. The summed E-state index contributed by atoms with van der Waals surface area (Å²) in [5.74, 6) is 2.14. The number of nitrogens with one attached hydrogen (secondary N) is 1. The third kappa shape index (κ3) is 5.57. The van der Waals surface area contributed by atoms with Crippen molar-refractivity contribution >= 4 is 23.8 Å². The van der Waals surface area contributed by atoms with Gasteiger partial charge in [-0.15, -0.1) is 0 Å². The van der Waals surface area contributed by atoms with E-state index in [9.17, 15) is 14.7 Å². The zero-order valence-electron chi connectivity index (χ0n) is 14.3. The summed E-state index contributed by atoms with van der Waals surface area (Å²) in [4.78, 5) is 24.8. The van der Waals surface area contributed by atoms with Crippen LogP contribution < -0.4 is 5.32 Å². The van der Waals surface area contributed by atoms with E-state index in [1.807, 2.05) is 32.5 Å². The van der Waals surface area contributed by atoms with Crippen molar-refractivity contribution < 1.29 is 19.4 Å². The first kappa shape index (κ1) is 18.4. The molecule has 0 unspecified atom stereocenters. The fourth-order valence-electron chi connectivity index (χ4n) is 3.03. The van der Waals surface area contributed by atoms with E-state index in [2.05, 4.69) is 5.32 Å². The quantitative estimate of drug-likeness (QED) is 0.796. The molecule has 0 saturated carbocycles. The largest absolute Gasteiger partial charge is 0.481 e. The van der Waals surface area contributed by atoms with Gasteiger partial charge < -0.3 is 20.1 Å². The van der Waals surface area contributed by atoms with Crippen molar-refractivity contribution in [3.05, 3.63) is 0 Å². The molecular weight excluding hydrogens is 316 g/mol. The highest BCUT2D eigenvalue weighted by atomic mass is 32.2. The SMILES string of the molecule is CC(C)(C)OC(=O)N1CC(CC(=O)O)(NCC2CCSCC2)C1. The van der Waals surface area contributed by atoms with Crippen molar-refractivity contribution in [3.63, 3.8) is 0 Å². The molecule has 0 radical (unpaired) electrons. The Hall–Kier alpha value is -0.950. The van der Waals surface area contributed by atoms with Gasteiger partial charge in [0.25, 0.3) is 0 Å². The lowest BCUT2D eigenvalue weighted by Crippen LogP contribution is -2.71. The van der Waals surface area contributed by atoms with E-state index in [1.54, 1.807) is 4.90 Å². The molecule has 23 heavy (non-hydrogen) atoms. The molecule has 132 valence electrons. The molecule has 0 aromatic heterocycles. The van der Waals surface area contributed by atoms with Crippen LogP contribution >= 0.6 is 11.8 Å². The number of likely N-dealkylation sites (tertiary alicyclic amines) is 1. The van der Waals surface area contributed by atoms with Gasteiger partial charge in [-0.25, -0.2) is 4.79 Å². The Labute approximate surface area is 142 Å². The van der Waals surface area contributed by atoms with E-state index in [-0.39, 0.29) is 12.5 Å². The second-order valence-corrected chi connectivity index (χ2v) is 8.85. The van der Waals surface area contributed by atoms with E-state index in [4.69, 9.17) is 4.74 Å². The maximum atomic E-state index is 12.0. The number of aliphatic carboxylic acids is 1. The van der Waals surface area contributed by atoms with Gasteiger partial charge in [-0.1, -0.05) is 0 Å². The minimum absolute atomic E-state index is 0.0355. The van der Waals surface area contributed by atoms with E-state index in [1.165, 1.54) is 24.3 Å². The Morgan fingerprint density at radius 3 is 2.43 bits per heavy atom. The minimum atomic E-state index is -0.833. The number of carbonyl (C=O) groups excluding carboxylic acids is 1. The molecule has 2 aliphatic rings. The van der Waals surface area contributed by atoms with Crippen LogP contribution in [0, 0.1) is 5.92 Å². The van der Waals surface area contributed by atoms with Crippen molar-refractivity contribution in [1.82, 2.24) is 10.2 Å². The van der Waals surface area contributed by atoms with E-state index in [0.29, 0.717) is 19.0 Å². The molecule has 0 aliphatic carbocycles. The van der Waals surface area contributed by atoms with Crippen molar-refractivity contribution in [2.24, 2.45) is 5.92 Å². The maximum absolute atomic E-state index is 12.0. The van der Waals surface area contributed by atoms with E-state index >= 15 is 0 Å². The fourth-order valence-corrected chi connectivity index (χ4v) is 4.23. The lowest BCUT2D eigenvalue weighted by molar-refractivity contribution is -0.141. The summed E-state index contributed by atoms with van der Waals surface area (Å²) in [6.07, 6.45) is 2.02. The van der Waals surface area contributed by atoms with Gasteiger partial charge in [0.2, 0.25) is 0 Å². The van der Waals surface area contributed by atoms with Gasteiger partial charge in [-0.05, 0) is 57.6 Å². The highest BCUT2D eigenvalue weighted by Crippen LogP contribution is 2.28. The van der Waals surface area contributed by atoms with Gasteiger partial charge in [0.1, 0.15) is 5.60 Å². The van der Waals surface area contributed by atoms with Crippen LogP contribution in [-0.4, -0.2) is 64.3 Å². The van der Waals surface area contributed by atoms with Crippen LogP contribution in [0.3, 0.4) is 0 Å². The van der Waals surface area contributed by atoms with Crippen LogP contribution in [0.2, 0.25) is 0 Å². The van der Waals surface area contributed by atoms with Crippen LogP contribution in [0.1, 0.15) is 40.0 Å². The Morgan fingerprint density at radius 2 is 1.91 bits per heavy atom. The van der Waals surface area contributed by atoms with Gasteiger partial charge in [-0.3, -0.25) is 4.79 Å². The van der Waals surface area contributed by atoms with Crippen molar-refractivity contribution in [3.8, 4) is 0 Å². The molecule has 0 aromatic carbocycles. The van der Waals surface area contributed by atoms with Gasteiger partial charge in [0, 0.05) is 13.1 Å². The highest BCUT2D eigenvalue weighted by molar-refractivity contribution is 7.99. The van der Waals surface area contributed by atoms with Crippen LogP contribution in [0.15, 0.2) is 0 Å². The average Bonchev–Trinajstić information content (AvgIpc) is 2.39. The van der Waals surface area contributed by atoms with Crippen LogP contribution in [0.5, 0.6) is 0 Å². The van der Waals surface area contributed by atoms with Gasteiger partial charge in [0.15, 0.2) is 0 Å². The monoisotopic (exact) mass is 344 g/mol. The van der Waals surface area contributed by atoms with Crippen LogP contribution in [0.25, 0.3) is 0 Å². The maximum Gasteiger partial charge on any atom is 0.410 e. The Morgan fingerprint density at radius 1 is 1.30 bits per heavy atom. The topological polar surface area (TPSA) is 78.9 Å². The number of carboxylic acid groups (broad SMARTS) is 1. The summed E-state index contributed by atoms with van der Waals surface area (Å²) in [5.41, 5.74) is -1.04. The zero-order valence-corrected chi connectivity index (χ0v) is 15.1. The lowest BCUT2D eigenvalue weighted by Gasteiger charge is -2.50. The molecule has 2 heterocycles. The fraction of sp³-hybridized carbons (Fsp3) is 0.875. The Bertz CT molecular complexity index is 438. The first-order chi connectivity index (χ1) is 10.7. The Balaban J connectivity index is 1.86. The normalized spacial score (nSPS) is 21.6. The number of rotatable bonds is 5. The summed E-state index contributed by atoms with van der Waals surface area (Å²) >= 11 is 1.98. The average molecular weight is 344 g/mol. The van der Waals surface area contributed by atoms with Gasteiger partial charge >= 0.3 is 12.1 Å². The number of ether oxygens (including phenoxy) is 1. The number of thioether (sulfide) groups is 1. The molecule has 7 heteroatoms. The lowest BCUT2D eigenvalue weighted by atomic mass is 9.85. The molecule has 2 saturated heterocycles. The van der Waals surface area contributed by atoms with E-state index in [0.717, 1.165) is 6.54 Å².